The maximum absolute atomic E-state index is 12.1. The van der Waals surface area contributed by atoms with Crippen molar-refractivity contribution in [2.24, 2.45) is 0 Å². The Balaban J connectivity index is 1.46. The van der Waals surface area contributed by atoms with Crippen LogP contribution in [-0.4, -0.2) is 23.4 Å². The number of thiazole rings is 1. The van der Waals surface area contributed by atoms with Gasteiger partial charge in [-0.2, -0.15) is 0 Å². The van der Waals surface area contributed by atoms with E-state index in [1.807, 2.05) is 32.0 Å². The average Bonchev–Trinajstić information content (AvgIpc) is 3.17. The first-order valence-corrected chi connectivity index (χ1v) is 9.70. The zero-order chi connectivity index (χ0) is 19.9. The number of ether oxygens (including phenoxy) is 1. The molecule has 0 radical (unpaired) electrons. The summed E-state index contributed by atoms with van der Waals surface area (Å²) in [4.78, 5) is 28.2. The Hall–Kier alpha value is -3.19. The van der Waals surface area contributed by atoms with Crippen LogP contribution in [0.2, 0.25) is 0 Å². The van der Waals surface area contributed by atoms with E-state index in [4.69, 9.17) is 4.74 Å². The molecule has 0 saturated carbocycles. The van der Waals surface area contributed by atoms with Crippen LogP contribution in [0.25, 0.3) is 0 Å². The molecule has 2 amide bonds. The molecule has 0 saturated heterocycles. The number of carbonyl (C=O) groups is 2. The lowest BCUT2D eigenvalue weighted by Gasteiger charge is -2.10. The summed E-state index contributed by atoms with van der Waals surface area (Å²) in [5, 5.41) is 7.85. The number of aryl methyl sites for hydroxylation is 2. The van der Waals surface area contributed by atoms with Crippen molar-refractivity contribution in [2.45, 2.75) is 20.3 Å². The van der Waals surface area contributed by atoms with E-state index in [1.54, 1.807) is 35.8 Å². The van der Waals surface area contributed by atoms with Crippen molar-refractivity contribution in [3.8, 4) is 5.75 Å². The summed E-state index contributed by atoms with van der Waals surface area (Å²) in [6.45, 7) is 4.30. The Bertz CT molecular complexity index is 954. The van der Waals surface area contributed by atoms with Gasteiger partial charge >= 0.3 is 0 Å². The highest BCUT2D eigenvalue weighted by Crippen LogP contribution is 2.19. The summed E-state index contributed by atoms with van der Waals surface area (Å²) in [7, 11) is 0. The van der Waals surface area contributed by atoms with Crippen molar-refractivity contribution in [1.82, 2.24) is 4.98 Å². The summed E-state index contributed by atoms with van der Waals surface area (Å²) < 4.78 is 5.68. The van der Waals surface area contributed by atoms with Gasteiger partial charge in [-0.1, -0.05) is 17.7 Å². The Kier molecular flexibility index (Phi) is 6.39. The third kappa shape index (κ3) is 5.40. The van der Waals surface area contributed by atoms with E-state index in [0.29, 0.717) is 23.0 Å². The molecule has 0 fully saturated rings. The zero-order valence-electron chi connectivity index (χ0n) is 15.7. The number of carbonyl (C=O) groups excluding carboxylic acids is 2. The molecule has 0 bridgehead atoms. The Labute approximate surface area is 167 Å². The van der Waals surface area contributed by atoms with Crippen molar-refractivity contribution in [3.05, 3.63) is 70.7 Å². The van der Waals surface area contributed by atoms with Gasteiger partial charge in [0.05, 0.1) is 13.0 Å². The highest BCUT2D eigenvalue weighted by atomic mass is 32.1. The van der Waals surface area contributed by atoms with E-state index in [2.05, 4.69) is 15.6 Å². The van der Waals surface area contributed by atoms with Crippen LogP contribution < -0.4 is 15.4 Å². The molecule has 6 nitrogen and oxygen atoms in total. The van der Waals surface area contributed by atoms with Gasteiger partial charge in [-0.05, 0) is 49.7 Å². The number of hydrogen-bond acceptors (Lipinski definition) is 5. The van der Waals surface area contributed by atoms with Gasteiger partial charge in [0, 0.05) is 22.8 Å². The first-order valence-electron chi connectivity index (χ1n) is 8.82. The minimum atomic E-state index is -0.241. The summed E-state index contributed by atoms with van der Waals surface area (Å²) in [5.74, 6) is 0.397. The summed E-state index contributed by atoms with van der Waals surface area (Å²) in [6.07, 6.45) is 1.86. The number of anilines is 2. The molecule has 0 unspecified atom stereocenters. The van der Waals surface area contributed by atoms with Crippen molar-refractivity contribution in [2.75, 3.05) is 17.2 Å². The molecule has 2 aromatic carbocycles. The largest absolute Gasteiger partial charge is 0.493 e. The SMILES string of the molecule is Cc1ccc(OCCC(=O)Nc2ccc(C(=O)Nc3nccs3)cc2)c(C)c1. The first kappa shape index (κ1) is 19.6. The van der Waals surface area contributed by atoms with Crippen LogP contribution in [0.15, 0.2) is 54.0 Å². The average molecular weight is 395 g/mol. The lowest BCUT2D eigenvalue weighted by molar-refractivity contribution is -0.116. The summed E-state index contributed by atoms with van der Waals surface area (Å²) in [5.41, 5.74) is 3.34. The van der Waals surface area contributed by atoms with Gasteiger partial charge in [0.2, 0.25) is 5.91 Å². The van der Waals surface area contributed by atoms with E-state index in [9.17, 15) is 9.59 Å². The van der Waals surface area contributed by atoms with E-state index >= 15 is 0 Å². The monoisotopic (exact) mass is 395 g/mol. The Morgan fingerprint density at radius 2 is 1.86 bits per heavy atom. The van der Waals surface area contributed by atoms with Gasteiger partial charge < -0.3 is 10.1 Å². The summed E-state index contributed by atoms with van der Waals surface area (Å²) in [6, 6.07) is 12.6. The van der Waals surface area contributed by atoms with Crippen LogP contribution in [0.3, 0.4) is 0 Å². The van der Waals surface area contributed by atoms with Crippen LogP contribution in [0.5, 0.6) is 5.75 Å². The first-order chi connectivity index (χ1) is 13.5. The molecular formula is C21H21N3O3S. The second-order valence-corrected chi connectivity index (χ2v) is 7.18. The molecule has 7 heteroatoms. The third-order valence-corrected chi connectivity index (χ3v) is 4.69. The molecule has 1 aromatic heterocycles. The molecule has 1 heterocycles. The third-order valence-electron chi connectivity index (χ3n) is 4.00. The lowest BCUT2D eigenvalue weighted by Crippen LogP contribution is -2.16. The number of rotatable bonds is 7. The predicted octanol–water partition coefficient (Wildman–Crippen LogP) is 4.42. The second kappa shape index (κ2) is 9.14. The van der Waals surface area contributed by atoms with E-state index < -0.39 is 0 Å². The molecule has 0 aliphatic carbocycles. The zero-order valence-corrected chi connectivity index (χ0v) is 16.5. The molecule has 28 heavy (non-hydrogen) atoms. The highest BCUT2D eigenvalue weighted by Gasteiger charge is 2.09. The van der Waals surface area contributed by atoms with Gasteiger partial charge in [0.15, 0.2) is 5.13 Å². The molecule has 0 aliphatic heterocycles. The van der Waals surface area contributed by atoms with Crippen LogP contribution in [0.4, 0.5) is 10.8 Å². The minimum absolute atomic E-state index is 0.148. The van der Waals surface area contributed by atoms with Crippen molar-refractivity contribution in [3.63, 3.8) is 0 Å². The molecule has 0 spiro atoms. The fourth-order valence-electron chi connectivity index (χ4n) is 2.60. The fraction of sp³-hybridized carbons (Fsp3) is 0.190. The fourth-order valence-corrected chi connectivity index (χ4v) is 3.12. The Morgan fingerprint density at radius 3 is 2.54 bits per heavy atom. The number of aromatic nitrogens is 1. The number of nitrogens with one attached hydrogen (secondary N) is 2. The topological polar surface area (TPSA) is 80.3 Å². The van der Waals surface area contributed by atoms with Gasteiger partial charge in [-0.3, -0.25) is 14.9 Å². The molecule has 0 aliphatic rings. The van der Waals surface area contributed by atoms with E-state index in [0.717, 1.165) is 11.3 Å². The van der Waals surface area contributed by atoms with Crippen LogP contribution >= 0.6 is 11.3 Å². The van der Waals surface area contributed by atoms with E-state index in [1.165, 1.54) is 16.9 Å². The number of nitrogens with zero attached hydrogens (tertiary/aromatic N) is 1. The Morgan fingerprint density at radius 1 is 1.07 bits per heavy atom. The molecule has 3 rings (SSSR count). The molecule has 144 valence electrons. The van der Waals surface area contributed by atoms with Gasteiger partial charge in [-0.25, -0.2) is 4.98 Å². The number of hydrogen-bond donors (Lipinski definition) is 2. The van der Waals surface area contributed by atoms with Gasteiger partial charge in [-0.15, -0.1) is 11.3 Å². The van der Waals surface area contributed by atoms with Crippen LogP contribution in [0.1, 0.15) is 27.9 Å². The molecule has 3 aromatic rings. The lowest BCUT2D eigenvalue weighted by atomic mass is 10.1. The van der Waals surface area contributed by atoms with Crippen molar-refractivity contribution >= 4 is 34.0 Å². The normalized spacial score (nSPS) is 10.4. The van der Waals surface area contributed by atoms with Crippen LogP contribution in [-0.2, 0) is 4.79 Å². The van der Waals surface area contributed by atoms with E-state index in [-0.39, 0.29) is 18.2 Å². The minimum Gasteiger partial charge on any atom is -0.493 e. The number of benzene rings is 2. The predicted molar refractivity (Wildman–Crippen MR) is 111 cm³/mol. The molecule has 2 N–H and O–H groups in total. The quantitative estimate of drug-likeness (QED) is 0.621. The van der Waals surface area contributed by atoms with Gasteiger partial charge in [0.1, 0.15) is 5.75 Å². The van der Waals surface area contributed by atoms with Crippen molar-refractivity contribution in [1.29, 1.82) is 0 Å². The van der Waals surface area contributed by atoms with Gasteiger partial charge in [0.25, 0.3) is 5.91 Å². The standard InChI is InChI=1S/C21H21N3O3S/c1-14-3-8-18(15(2)13-14)27-11-9-19(25)23-17-6-4-16(5-7-17)20(26)24-21-22-10-12-28-21/h3-8,10,12-13H,9,11H2,1-2H3,(H,23,25)(H,22,24,26). The highest BCUT2D eigenvalue weighted by molar-refractivity contribution is 7.13. The number of amides is 2. The van der Waals surface area contributed by atoms with Crippen molar-refractivity contribution < 1.29 is 14.3 Å². The second-order valence-electron chi connectivity index (χ2n) is 6.28. The maximum atomic E-state index is 12.1. The molecule has 0 atom stereocenters. The van der Waals surface area contributed by atoms with Crippen LogP contribution in [0, 0.1) is 13.8 Å². The maximum Gasteiger partial charge on any atom is 0.257 e. The molecular weight excluding hydrogens is 374 g/mol. The smallest absolute Gasteiger partial charge is 0.257 e. The summed E-state index contributed by atoms with van der Waals surface area (Å²) >= 11 is 1.35.